The van der Waals surface area contributed by atoms with Gasteiger partial charge in [-0.05, 0) is 36.8 Å². The van der Waals surface area contributed by atoms with E-state index in [1.165, 1.54) is 32.4 Å². The standard InChI is InChI=1S/C18H19NO6/c1-11-7-8-14(23-2)13(9-11)19-16(20)10-25-18(22)12-5-4-6-15(24-3)17(12)21/h4-9,21H,10H2,1-3H3,(H,19,20). The van der Waals surface area contributed by atoms with Crippen molar-refractivity contribution in [2.75, 3.05) is 26.1 Å². The second-order valence-corrected chi connectivity index (χ2v) is 5.18. The molecule has 2 N–H and O–H groups in total. The Labute approximate surface area is 145 Å². The molecule has 0 heterocycles. The van der Waals surface area contributed by atoms with Crippen LogP contribution in [0.4, 0.5) is 5.69 Å². The molecule has 2 aromatic carbocycles. The number of benzene rings is 2. The van der Waals surface area contributed by atoms with Gasteiger partial charge in [-0.3, -0.25) is 4.79 Å². The average molecular weight is 345 g/mol. The number of nitrogens with one attached hydrogen (secondary N) is 1. The maximum atomic E-state index is 12.0. The summed E-state index contributed by atoms with van der Waals surface area (Å²) in [4.78, 5) is 24.0. The minimum atomic E-state index is -0.831. The van der Waals surface area contributed by atoms with Crippen molar-refractivity contribution in [2.24, 2.45) is 0 Å². The van der Waals surface area contributed by atoms with Crippen LogP contribution in [0.25, 0.3) is 0 Å². The monoisotopic (exact) mass is 345 g/mol. The van der Waals surface area contributed by atoms with Crippen LogP contribution < -0.4 is 14.8 Å². The molecule has 2 aromatic rings. The molecule has 0 spiro atoms. The largest absolute Gasteiger partial charge is 0.504 e. The van der Waals surface area contributed by atoms with Gasteiger partial charge in [-0.15, -0.1) is 0 Å². The van der Waals surface area contributed by atoms with Gasteiger partial charge in [0.15, 0.2) is 18.1 Å². The van der Waals surface area contributed by atoms with E-state index in [9.17, 15) is 14.7 Å². The van der Waals surface area contributed by atoms with Gasteiger partial charge in [-0.1, -0.05) is 12.1 Å². The number of methoxy groups -OCH3 is 2. The third-order valence-electron chi connectivity index (χ3n) is 3.40. The highest BCUT2D eigenvalue weighted by molar-refractivity contribution is 5.97. The summed E-state index contributed by atoms with van der Waals surface area (Å²) in [6.45, 7) is 1.37. The van der Waals surface area contributed by atoms with E-state index in [0.717, 1.165) is 5.56 Å². The van der Waals surface area contributed by atoms with Crippen LogP contribution in [-0.4, -0.2) is 37.8 Å². The molecule has 0 unspecified atom stereocenters. The fourth-order valence-electron chi connectivity index (χ4n) is 2.17. The van der Waals surface area contributed by atoms with Crippen LogP contribution in [0, 0.1) is 6.92 Å². The van der Waals surface area contributed by atoms with Gasteiger partial charge in [0, 0.05) is 0 Å². The summed E-state index contributed by atoms with van der Waals surface area (Å²) >= 11 is 0. The molecular weight excluding hydrogens is 326 g/mol. The Kier molecular flexibility index (Phi) is 5.84. The van der Waals surface area contributed by atoms with E-state index in [4.69, 9.17) is 14.2 Å². The lowest BCUT2D eigenvalue weighted by atomic mass is 10.2. The number of amides is 1. The molecule has 0 fully saturated rings. The van der Waals surface area contributed by atoms with Crippen molar-refractivity contribution in [2.45, 2.75) is 6.92 Å². The normalized spacial score (nSPS) is 10.0. The van der Waals surface area contributed by atoms with Crippen molar-refractivity contribution in [1.29, 1.82) is 0 Å². The first kappa shape index (κ1) is 18.1. The zero-order valence-corrected chi connectivity index (χ0v) is 14.2. The van der Waals surface area contributed by atoms with E-state index in [0.29, 0.717) is 11.4 Å². The van der Waals surface area contributed by atoms with Gasteiger partial charge in [-0.2, -0.15) is 0 Å². The number of hydrogen-bond donors (Lipinski definition) is 2. The molecule has 0 aliphatic rings. The molecule has 0 aliphatic carbocycles. The lowest BCUT2D eigenvalue weighted by Gasteiger charge is -2.12. The van der Waals surface area contributed by atoms with Gasteiger partial charge in [0.05, 0.1) is 19.9 Å². The van der Waals surface area contributed by atoms with E-state index >= 15 is 0 Å². The fourth-order valence-corrected chi connectivity index (χ4v) is 2.17. The molecular formula is C18H19NO6. The van der Waals surface area contributed by atoms with E-state index in [-0.39, 0.29) is 17.1 Å². The number of hydrogen-bond acceptors (Lipinski definition) is 6. The van der Waals surface area contributed by atoms with Crippen molar-refractivity contribution in [3.8, 4) is 17.2 Å². The number of carbonyl (C=O) groups excluding carboxylic acids is 2. The van der Waals surface area contributed by atoms with Crippen molar-refractivity contribution >= 4 is 17.6 Å². The molecule has 0 radical (unpaired) electrons. The summed E-state index contributed by atoms with van der Waals surface area (Å²) < 4.78 is 15.0. The maximum Gasteiger partial charge on any atom is 0.342 e. The van der Waals surface area contributed by atoms with Gasteiger partial charge in [0.25, 0.3) is 5.91 Å². The maximum absolute atomic E-state index is 12.0. The fraction of sp³-hybridized carbons (Fsp3) is 0.222. The Bertz CT molecular complexity index is 787. The van der Waals surface area contributed by atoms with Crippen molar-refractivity contribution in [3.05, 3.63) is 47.5 Å². The molecule has 7 nitrogen and oxygen atoms in total. The van der Waals surface area contributed by atoms with Gasteiger partial charge in [0.2, 0.25) is 0 Å². The molecule has 2 rings (SSSR count). The first-order chi connectivity index (χ1) is 12.0. The van der Waals surface area contributed by atoms with Gasteiger partial charge < -0.3 is 24.6 Å². The average Bonchev–Trinajstić information content (AvgIpc) is 2.60. The predicted molar refractivity (Wildman–Crippen MR) is 91.3 cm³/mol. The summed E-state index contributed by atoms with van der Waals surface area (Å²) in [6, 6.07) is 9.73. The van der Waals surface area contributed by atoms with Crippen LogP contribution in [0.3, 0.4) is 0 Å². The lowest BCUT2D eigenvalue weighted by Crippen LogP contribution is -2.21. The Morgan fingerprint density at radius 3 is 2.48 bits per heavy atom. The zero-order valence-electron chi connectivity index (χ0n) is 14.2. The van der Waals surface area contributed by atoms with E-state index in [1.54, 1.807) is 12.1 Å². The van der Waals surface area contributed by atoms with E-state index < -0.39 is 18.5 Å². The number of aromatic hydroxyl groups is 1. The number of phenols is 1. The SMILES string of the molecule is COc1ccc(C)cc1NC(=O)COC(=O)c1cccc(OC)c1O. The topological polar surface area (TPSA) is 94.1 Å². The molecule has 0 atom stereocenters. The van der Waals surface area contributed by atoms with Crippen LogP contribution in [0.1, 0.15) is 15.9 Å². The van der Waals surface area contributed by atoms with Crippen molar-refractivity contribution in [1.82, 2.24) is 0 Å². The van der Waals surface area contributed by atoms with Crippen molar-refractivity contribution < 1.29 is 28.9 Å². The summed E-state index contributed by atoms with van der Waals surface area (Å²) in [7, 11) is 2.86. The predicted octanol–water partition coefficient (Wildman–Crippen LogP) is 2.51. The van der Waals surface area contributed by atoms with Gasteiger partial charge >= 0.3 is 5.97 Å². The quantitative estimate of drug-likeness (QED) is 0.781. The Morgan fingerprint density at radius 2 is 1.80 bits per heavy atom. The molecule has 0 aliphatic heterocycles. The number of ether oxygens (including phenoxy) is 3. The van der Waals surface area contributed by atoms with Gasteiger partial charge in [0.1, 0.15) is 11.3 Å². The smallest absolute Gasteiger partial charge is 0.342 e. The van der Waals surface area contributed by atoms with Crippen molar-refractivity contribution in [3.63, 3.8) is 0 Å². The number of esters is 1. The number of aryl methyl sites for hydroxylation is 1. The van der Waals surface area contributed by atoms with Crippen LogP contribution in [0.5, 0.6) is 17.2 Å². The first-order valence-corrected chi connectivity index (χ1v) is 7.44. The number of phenolic OH excluding ortho intramolecular Hbond substituents is 1. The number of rotatable bonds is 6. The molecule has 0 saturated carbocycles. The molecule has 1 amide bonds. The Balaban J connectivity index is 2.01. The van der Waals surface area contributed by atoms with Crippen LogP contribution in [0.15, 0.2) is 36.4 Å². The molecule has 0 bridgehead atoms. The molecule has 7 heteroatoms. The third-order valence-corrected chi connectivity index (χ3v) is 3.40. The minimum absolute atomic E-state index is 0.0831. The first-order valence-electron chi connectivity index (χ1n) is 7.44. The highest BCUT2D eigenvalue weighted by Crippen LogP contribution is 2.30. The number of para-hydroxylation sites is 1. The molecule has 132 valence electrons. The highest BCUT2D eigenvalue weighted by Gasteiger charge is 2.17. The number of anilines is 1. The minimum Gasteiger partial charge on any atom is -0.504 e. The Morgan fingerprint density at radius 1 is 1.08 bits per heavy atom. The molecule has 25 heavy (non-hydrogen) atoms. The zero-order chi connectivity index (χ0) is 18.4. The lowest BCUT2D eigenvalue weighted by molar-refractivity contribution is -0.119. The van der Waals surface area contributed by atoms with Crippen LogP contribution in [-0.2, 0) is 9.53 Å². The third kappa shape index (κ3) is 4.41. The molecule has 0 aromatic heterocycles. The summed E-state index contributed by atoms with van der Waals surface area (Å²) in [5.74, 6) is -1.06. The second-order valence-electron chi connectivity index (χ2n) is 5.18. The highest BCUT2D eigenvalue weighted by atomic mass is 16.5. The molecule has 0 saturated heterocycles. The van der Waals surface area contributed by atoms with E-state index in [2.05, 4.69) is 5.32 Å². The summed E-state index contributed by atoms with van der Waals surface area (Å²) in [5.41, 5.74) is 1.34. The summed E-state index contributed by atoms with van der Waals surface area (Å²) in [5, 5.41) is 12.5. The van der Waals surface area contributed by atoms with Crippen LogP contribution in [0.2, 0.25) is 0 Å². The Hall–Kier alpha value is -3.22. The van der Waals surface area contributed by atoms with E-state index in [1.807, 2.05) is 13.0 Å². The van der Waals surface area contributed by atoms with Crippen LogP contribution >= 0.6 is 0 Å². The second kappa shape index (κ2) is 8.05. The summed E-state index contributed by atoms with van der Waals surface area (Å²) in [6.07, 6.45) is 0. The van der Waals surface area contributed by atoms with Gasteiger partial charge in [-0.25, -0.2) is 4.79 Å². The number of carbonyl (C=O) groups is 2.